The molecule has 1 aliphatic rings. The van der Waals surface area contributed by atoms with Gasteiger partial charge in [0.2, 0.25) is 0 Å². The van der Waals surface area contributed by atoms with E-state index >= 15 is 0 Å². The summed E-state index contributed by atoms with van der Waals surface area (Å²) in [5, 5.41) is 0. The first-order valence-electron chi connectivity index (χ1n) is 9.37. The zero-order valence-electron chi connectivity index (χ0n) is 15.7. The van der Waals surface area contributed by atoms with E-state index in [9.17, 15) is 4.79 Å². The van der Waals surface area contributed by atoms with Crippen molar-refractivity contribution in [3.63, 3.8) is 0 Å². The lowest BCUT2D eigenvalue weighted by Gasteiger charge is -2.26. The topological polar surface area (TPSA) is 55.6 Å². The van der Waals surface area contributed by atoms with Crippen molar-refractivity contribution in [3.05, 3.63) is 102 Å². The maximum Gasteiger partial charge on any atom is 0.261 e. The molecule has 28 heavy (non-hydrogen) atoms. The summed E-state index contributed by atoms with van der Waals surface area (Å²) in [7, 11) is 0. The van der Waals surface area contributed by atoms with Gasteiger partial charge in [-0.25, -0.2) is 0 Å². The Hall–Kier alpha value is -3.53. The number of carbonyl (C=O) groups is 1. The third-order valence-electron chi connectivity index (χ3n) is 4.88. The van der Waals surface area contributed by atoms with E-state index < -0.39 is 0 Å². The molecule has 0 bridgehead atoms. The van der Waals surface area contributed by atoms with Crippen molar-refractivity contribution in [2.24, 2.45) is 5.73 Å². The molecule has 2 N–H and O–H groups in total. The van der Waals surface area contributed by atoms with Crippen LogP contribution in [0.2, 0.25) is 0 Å². The molecule has 0 saturated carbocycles. The molecule has 1 atom stereocenters. The van der Waals surface area contributed by atoms with Crippen molar-refractivity contribution in [2.45, 2.75) is 13.0 Å². The Balaban J connectivity index is 1.81. The minimum atomic E-state index is -0.335. The summed E-state index contributed by atoms with van der Waals surface area (Å²) < 4.78 is 5.52. The monoisotopic (exact) mass is 370 g/mol. The maximum atomic E-state index is 13.5. The summed E-state index contributed by atoms with van der Waals surface area (Å²) in [5.41, 5.74) is 10.3. The van der Waals surface area contributed by atoms with Crippen LogP contribution in [0.1, 0.15) is 24.1 Å². The Morgan fingerprint density at radius 2 is 1.50 bits per heavy atom. The SMILES string of the molecule is CCOc1ccc(C2=C(N)C(c3ccccc3)N(c3ccccc3)C2=O)cc1. The van der Waals surface area contributed by atoms with E-state index in [0.29, 0.717) is 17.9 Å². The van der Waals surface area contributed by atoms with Gasteiger partial charge in [-0.2, -0.15) is 0 Å². The van der Waals surface area contributed by atoms with Crippen LogP contribution in [0, 0.1) is 0 Å². The summed E-state index contributed by atoms with van der Waals surface area (Å²) in [6, 6.07) is 26.7. The van der Waals surface area contributed by atoms with Gasteiger partial charge in [0.05, 0.1) is 12.2 Å². The average Bonchev–Trinajstić information content (AvgIpc) is 3.00. The lowest BCUT2D eigenvalue weighted by atomic mass is 10.00. The Labute approximate surface area is 164 Å². The van der Waals surface area contributed by atoms with Crippen molar-refractivity contribution in [2.75, 3.05) is 11.5 Å². The van der Waals surface area contributed by atoms with Gasteiger partial charge < -0.3 is 10.5 Å². The molecule has 0 fully saturated rings. The molecule has 1 heterocycles. The number of ether oxygens (including phenoxy) is 1. The molecule has 3 aromatic rings. The molecular weight excluding hydrogens is 348 g/mol. The van der Waals surface area contributed by atoms with Gasteiger partial charge in [-0.15, -0.1) is 0 Å². The molecule has 4 heteroatoms. The van der Waals surface area contributed by atoms with Crippen LogP contribution in [0.15, 0.2) is 90.6 Å². The summed E-state index contributed by atoms with van der Waals surface area (Å²) in [4.78, 5) is 15.2. The molecular formula is C24H22N2O2. The summed E-state index contributed by atoms with van der Waals surface area (Å²) in [6.07, 6.45) is 0. The first-order valence-corrected chi connectivity index (χ1v) is 9.37. The van der Waals surface area contributed by atoms with Crippen molar-refractivity contribution in [1.82, 2.24) is 0 Å². The number of carbonyl (C=O) groups excluding carboxylic acids is 1. The highest BCUT2D eigenvalue weighted by atomic mass is 16.5. The zero-order chi connectivity index (χ0) is 19.5. The van der Waals surface area contributed by atoms with Gasteiger partial charge in [-0.05, 0) is 42.3 Å². The molecule has 140 valence electrons. The van der Waals surface area contributed by atoms with Crippen molar-refractivity contribution < 1.29 is 9.53 Å². The van der Waals surface area contributed by atoms with Crippen LogP contribution in [0.25, 0.3) is 5.57 Å². The highest BCUT2D eigenvalue weighted by Gasteiger charge is 2.40. The largest absolute Gasteiger partial charge is 0.494 e. The summed E-state index contributed by atoms with van der Waals surface area (Å²) >= 11 is 0. The minimum absolute atomic E-state index is 0.0956. The second kappa shape index (κ2) is 7.61. The van der Waals surface area contributed by atoms with E-state index in [1.807, 2.05) is 91.9 Å². The molecule has 4 rings (SSSR count). The number of amides is 1. The van der Waals surface area contributed by atoms with E-state index in [1.54, 1.807) is 4.90 Å². The number of hydrogen-bond donors (Lipinski definition) is 1. The van der Waals surface area contributed by atoms with Gasteiger partial charge in [-0.3, -0.25) is 9.69 Å². The van der Waals surface area contributed by atoms with Gasteiger partial charge in [0.25, 0.3) is 5.91 Å². The number of anilines is 1. The molecule has 1 aliphatic heterocycles. The van der Waals surface area contributed by atoms with Crippen LogP contribution in [-0.2, 0) is 4.79 Å². The predicted octanol–water partition coefficient (Wildman–Crippen LogP) is 4.54. The summed E-state index contributed by atoms with van der Waals surface area (Å²) in [5.74, 6) is 0.678. The fourth-order valence-corrected chi connectivity index (χ4v) is 3.63. The average molecular weight is 370 g/mol. The van der Waals surface area contributed by atoms with Crippen LogP contribution < -0.4 is 15.4 Å². The fourth-order valence-electron chi connectivity index (χ4n) is 3.63. The third kappa shape index (κ3) is 3.14. The Morgan fingerprint density at radius 1 is 0.893 bits per heavy atom. The molecule has 0 spiro atoms. The van der Waals surface area contributed by atoms with Crippen LogP contribution >= 0.6 is 0 Å². The lowest BCUT2D eigenvalue weighted by molar-refractivity contribution is -0.113. The normalized spacial score (nSPS) is 16.5. The predicted molar refractivity (Wildman–Crippen MR) is 112 cm³/mol. The number of benzene rings is 3. The Bertz CT molecular complexity index is 996. The molecule has 0 aliphatic carbocycles. The second-order valence-corrected chi connectivity index (χ2v) is 6.61. The molecule has 0 radical (unpaired) electrons. The van der Waals surface area contributed by atoms with Crippen LogP contribution in [-0.4, -0.2) is 12.5 Å². The molecule has 1 unspecified atom stereocenters. The van der Waals surface area contributed by atoms with Gasteiger partial charge in [-0.1, -0.05) is 60.7 Å². The first-order chi connectivity index (χ1) is 13.7. The summed E-state index contributed by atoms with van der Waals surface area (Å²) in [6.45, 7) is 2.54. The standard InChI is InChI=1S/C24H22N2O2/c1-2-28-20-15-13-17(14-16-20)21-22(25)23(18-9-5-3-6-10-18)26(24(21)27)19-11-7-4-8-12-19/h3-16,23H,2,25H2,1H3. The van der Waals surface area contributed by atoms with Crippen molar-refractivity contribution >= 4 is 17.2 Å². The van der Waals surface area contributed by atoms with E-state index in [-0.39, 0.29) is 11.9 Å². The highest BCUT2D eigenvalue weighted by Crippen LogP contribution is 2.42. The van der Waals surface area contributed by atoms with Crippen LogP contribution in [0.5, 0.6) is 5.75 Å². The van der Waals surface area contributed by atoms with E-state index in [0.717, 1.165) is 22.6 Å². The fraction of sp³-hybridized carbons (Fsp3) is 0.125. The van der Waals surface area contributed by atoms with Gasteiger partial charge in [0.1, 0.15) is 11.8 Å². The van der Waals surface area contributed by atoms with Crippen molar-refractivity contribution in [1.29, 1.82) is 0 Å². The third-order valence-corrected chi connectivity index (χ3v) is 4.88. The smallest absolute Gasteiger partial charge is 0.261 e. The maximum absolute atomic E-state index is 13.5. The number of nitrogens with zero attached hydrogens (tertiary/aromatic N) is 1. The number of hydrogen-bond acceptors (Lipinski definition) is 3. The number of rotatable bonds is 5. The Kier molecular flexibility index (Phi) is 4.85. The lowest BCUT2D eigenvalue weighted by Crippen LogP contribution is -2.30. The number of para-hydroxylation sites is 1. The van der Waals surface area contributed by atoms with Gasteiger partial charge >= 0.3 is 0 Å². The van der Waals surface area contributed by atoms with E-state index in [4.69, 9.17) is 10.5 Å². The zero-order valence-corrected chi connectivity index (χ0v) is 15.7. The van der Waals surface area contributed by atoms with Gasteiger partial charge in [0, 0.05) is 11.4 Å². The highest BCUT2D eigenvalue weighted by molar-refractivity contribution is 6.30. The number of nitrogens with two attached hydrogens (primary N) is 1. The molecule has 1 amide bonds. The molecule has 0 aromatic heterocycles. The van der Waals surface area contributed by atoms with Crippen molar-refractivity contribution in [3.8, 4) is 5.75 Å². The first kappa shape index (κ1) is 17.9. The molecule has 3 aromatic carbocycles. The minimum Gasteiger partial charge on any atom is -0.494 e. The molecule has 0 saturated heterocycles. The van der Waals surface area contributed by atoms with Crippen LogP contribution in [0.3, 0.4) is 0 Å². The van der Waals surface area contributed by atoms with Crippen LogP contribution in [0.4, 0.5) is 5.69 Å². The quantitative estimate of drug-likeness (QED) is 0.717. The Morgan fingerprint density at radius 3 is 2.11 bits per heavy atom. The second-order valence-electron chi connectivity index (χ2n) is 6.61. The van der Waals surface area contributed by atoms with E-state index in [2.05, 4.69) is 0 Å². The van der Waals surface area contributed by atoms with Gasteiger partial charge in [0.15, 0.2) is 0 Å². The molecule has 4 nitrogen and oxygen atoms in total. The van der Waals surface area contributed by atoms with E-state index in [1.165, 1.54) is 0 Å².